The number of nitrogens with zero attached hydrogens (tertiary/aromatic N) is 2. The summed E-state index contributed by atoms with van der Waals surface area (Å²) in [4.78, 5) is 18.6. The van der Waals surface area contributed by atoms with Crippen molar-refractivity contribution in [3.8, 4) is 11.5 Å². The van der Waals surface area contributed by atoms with Crippen molar-refractivity contribution < 1.29 is 37.0 Å². The van der Waals surface area contributed by atoms with Gasteiger partial charge in [0.1, 0.15) is 17.8 Å². The molecule has 11 heteroatoms. The third-order valence-electron chi connectivity index (χ3n) is 7.07. The Morgan fingerprint density at radius 1 is 1.29 bits per heavy atom. The fraction of sp³-hybridized carbons (Fsp3) is 0.583. The number of oxazole rings is 1. The van der Waals surface area contributed by atoms with E-state index in [0.717, 1.165) is 24.7 Å². The molecule has 2 aromatic rings. The zero-order valence-corrected chi connectivity index (χ0v) is 19.7. The maximum absolute atomic E-state index is 13.1. The summed E-state index contributed by atoms with van der Waals surface area (Å²) >= 11 is 0. The maximum Gasteiger partial charge on any atom is 0.396 e. The number of phenolic OH excluding ortho intramolecular Hbond substituents is 1. The fourth-order valence-corrected chi connectivity index (χ4v) is 5.07. The van der Waals surface area contributed by atoms with Crippen LogP contribution in [-0.4, -0.2) is 54.1 Å². The number of aromatic hydroxyl groups is 1. The topological polar surface area (TPSA) is 97.1 Å². The SMILES string of the molecule is COC1(C)CN(c2nc(C(=O)Nc3cc(C)c(OC4CC5CC5C4)c(O)c3)c(CC(F)(F)F)o2)C1. The average molecular weight is 495 g/mol. The number of halogens is 3. The van der Waals surface area contributed by atoms with Gasteiger partial charge in [0.05, 0.1) is 19.2 Å². The molecule has 2 N–H and O–H groups in total. The van der Waals surface area contributed by atoms with Crippen LogP contribution in [0.25, 0.3) is 0 Å². The van der Waals surface area contributed by atoms with Crippen LogP contribution in [0.5, 0.6) is 11.5 Å². The van der Waals surface area contributed by atoms with Gasteiger partial charge < -0.3 is 29.2 Å². The van der Waals surface area contributed by atoms with Crippen LogP contribution < -0.4 is 15.0 Å². The van der Waals surface area contributed by atoms with Crippen molar-refractivity contribution in [2.24, 2.45) is 11.8 Å². The van der Waals surface area contributed by atoms with Crippen LogP contribution >= 0.6 is 0 Å². The van der Waals surface area contributed by atoms with E-state index in [2.05, 4.69) is 10.3 Å². The minimum atomic E-state index is -4.59. The van der Waals surface area contributed by atoms with Gasteiger partial charge in [0, 0.05) is 18.9 Å². The first-order valence-corrected chi connectivity index (χ1v) is 11.6. The van der Waals surface area contributed by atoms with E-state index in [1.165, 1.54) is 12.5 Å². The van der Waals surface area contributed by atoms with Gasteiger partial charge in [0.15, 0.2) is 17.2 Å². The van der Waals surface area contributed by atoms with Crippen molar-refractivity contribution in [2.75, 3.05) is 30.4 Å². The fourth-order valence-electron chi connectivity index (χ4n) is 5.07. The van der Waals surface area contributed by atoms with Gasteiger partial charge in [-0.3, -0.25) is 4.79 Å². The van der Waals surface area contributed by atoms with Crippen molar-refractivity contribution in [1.29, 1.82) is 0 Å². The van der Waals surface area contributed by atoms with Crippen molar-refractivity contribution in [2.45, 2.75) is 57.4 Å². The Bertz CT molecular complexity index is 1110. The van der Waals surface area contributed by atoms with E-state index in [1.807, 2.05) is 6.92 Å². The van der Waals surface area contributed by atoms with Crippen molar-refractivity contribution >= 4 is 17.6 Å². The van der Waals surface area contributed by atoms with Crippen LogP contribution in [-0.2, 0) is 11.2 Å². The number of rotatable bonds is 7. The Morgan fingerprint density at radius 2 is 1.97 bits per heavy atom. The Balaban J connectivity index is 1.32. The maximum atomic E-state index is 13.1. The lowest BCUT2D eigenvalue weighted by atomic mass is 9.97. The number of fused-ring (bicyclic) bond motifs is 1. The van der Waals surface area contributed by atoms with E-state index >= 15 is 0 Å². The van der Waals surface area contributed by atoms with E-state index in [9.17, 15) is 23.1 Å². The van der Waals surface area contributed by atoms with E-state index in [-0.39, 0.29) is 23.6 Å². The van der Waals surface area contributed by atoms with Crippen LogP contribution in [0.1, 0.15) is 48.0 Å². The number of anilines is 2. The molecule has 5 rings (SSSR count). The molecule has 35 heavy (non-hydrogen) atoms. The summed E-state index contributed by atoms with van der Waals surface area (Å²) in [6, 6.07) is 2.85. The molecule has 2 aliphatic carbocycles. The van der Waals surface area contributed by atoms with Gasteiger partial charge in [0.2, 0.25) is 0 Å². The lowest BCUT2D eigenvalue weighted by Gasteiger charge is -2.45. The molecular weight excluding hydrogens is 467 g/mol. The normalized spacial score (nSPS) is 24.6. The molecule has 3 fully saturated rings. The zero-order chi connectivity index (χ0) is 25.1. The Kier molecular flexibility index (Phi) is 5.65. The molecule has 190 valence electrons. The summed E-state index contributed by atoms with van der Waals surface area (Å²) in [7, 11) is 1.55. The van der Waals surface area contributed by atoms with E-state index in [1.54, 1.807) is 25.0 Å². The molecule has 8 nitrogen and oxygen atoms in total. The first-order chi connectivity index (χ1) is 16.4. The predicted octanol–water partition coefficient (Wildman–Crippen LogP) is 4.45. The molecule has 1 aromatic heterocycles. The number of aromatic nitrogens is 1. The van der Waals surface area contributed by atoms with Gasteiger partial charge in [-0.1, -0.05) is 0 Å². The number of hydrogen-bond acceptors (Lipinski definition) is 7. The number of amides is 1. The molecular formula is C24H28F3N3O5. The summed E-state index contributed by atoms with van der Waals surface area (Å²) in [5.74, 6) is 0.221. The predicted molar refractivity (Wildman–Crippen MR) is 120 cm³/mol. The Labute approximate surface area is 200 Å². The third-order valence-corrected chi connectivity index (χ3v) is 7.07. The molecule has 1 aromatic carbocycles. The highest BCUT2D eigenvalue weighted by Gasteiger charge is 2.47. The number of nitrogens with one attached hydrogen (secondary N) is 1. The summed E-state index contributed by atoms with van der Waals surface area (Å²) in [6.07, 6.45) is -2.77. The number of hydrogen-bond donors (Lipinski definition) is 2. The monoisotopic (exact) mass is 495 g/mol. The smallest absolute Gasteiger partial charge is 0.396 e. The van der Waals surface area contributed by atoms with Crippen LogP contribution in [0, 0.1) is 18.8 Å². The van der Waals surface area contributed by atoms with Crippen LogP contribution in [0.4, 0.5) is 24.9 Å². The second-order valence-electron chi connectivity index (χ2n) is 10.1. The summed E-state index contributed by atoms with van der Waals surface area (Å²) < 4.78 is 56.1. The molecule has 0 spiro atoms. The molecule has 1 saturated heterocycles. The van der Waals surface area contributed by atoms with Gasteiger partial charge in [-0.05, 0) is 56.6 Å². The summed E-state index contributed by atoms with van der Waals surface area (Å²) in [6.45, 7) is 4.33. The first kappa shape index (κ1) is 23.8. The standard InChI is InChI=1S/C24H28F3N3O5/c1-12-4-15(8-17(31)20(12)34-16-6-13-5-14(13)7-16)28-21(32)19-18(9-24(25,26)27)35-22(29-19)30-10-23(2,11-30)33-3/h4,8,13-14,16,31H,5-7,9-11H2,1-3H3,(H,28,32). The summed E-state index contributed by atoms with van der Waals surface area (Å²) in [5, 5.41) is 13.0. The average Bonchev–Trinajstić information content (AvgIpc) is 3.14. The lowest BCUT2D eigenvalue weighted by molar-refractivity contribution is -0.130. The molecule has 1 aliphatic heterocycles. The van der Waals surface area contributed by atoms with Crippen molar-refractivity contribution in [3.63, 3.8) is 0 Å². The van der Waals surface area contributed by atoms with Crippen LogP contribution in [0.3, 0.4) is 0 Å². The molecule has 0 bridgehead atoms. The lowest BCUT2D eigenvalue weighted by Crippen LogP contribution is -2.61. The van der Waals surface area contributed by atoms with Crippen LogP contribution in [0.2, 0.25) is 0 Å². The molecule has 2 saturated carbocycles. The highest BCUT2D eigenvalue weighted by molar-refractivity contribution is 6.04. The van der Waals surface area contributed by atoms with E-state index in [4.69, 9.17) is 13.9 Å². The Hall–Kier alpha value is -2.95. The second-order valence-corrected chi connectivity index (χ2v) is 10.1. The first-order valence-electron chi connectivity index (χ1n) is 11.6. The minimum Gasteiger partial charge on any atom is -0.504 e. The van der Waals surface area contributed by atoms with Gasteiger partial charge in [-0.25, -0.2) is 0 Å². The number of phenols is 1. The number of alkyl halides is 3. The molecule has 2 heterocycles. The van der Waals surface area contributed by atoms with Crippen molar-refractivity contribution in [1.82, 2.24) is 4.98 Å². The minimum absolute atomic E-state index is 0.0590. The Morgan fingerprint density at radius 3 is 2.57 bits per heavy atom. The summed E-state index contributed by atoms with van der Waals surface area (Å²) in [5.41, 5.74) is -0.0912. The zero-order valence-electron chi connectivity index (χ0n) is 19.7. The van der Waals surface area contributed by atoms with E-state index < -0.39 is 35.6 Å². The van der Waals surface area contributed by atoms with Gasteiger partial charge >= 0.3 is 6.18 Å². The van der Waals surface area contributed by atoms with Gasteiger partial charge in [0.25, 0.3) is 11.9 Å². The highest BCUT2D eigenvalue weighted by Crippen LogP contribution is 2.53. The molecule has 2 unspecified atom stereocenters. The van der Waals surface area contributed by atoms with Crippen LogP contribution in [0.15, 0.2) is 16.5 Å². The number of ether oxygens (including phenoxy) is 2. The highest BCUT2D eigenvalue weighted by atomic mass is 19.4. The number of carbonyl (C=O) groups is 1. The molecule has 3 aliphatic rings. The molecule has 1 amide bonds. The number of benzene rings is 1. The third kappa shape index (κ3) is 4.91. The number of aryl methyl sites for hydroxylation is 1. The van der Waals surface area contributed by atoms with Crippen molar-refractivity contribution in [3.05, 3.63) is 29.2 Å². The second kappa shape index (κ2) is 8.32. The largest absolute Gasteiger partial charge is 0.504 e. The number of carbonyl (C=O) groups excluding carboxylic acids is 1. The molecule has 2 atom stereocenters. The number of methoxy groups -OCH3 is 1. The van der Waals surface area contributed by atoms with Gasteiger partial charge in [-0.15, -0.1) is 0 Å². The molecule has 0 radical (unpaired) electrons. The quantitative estimate of drug-likeness (QED) is 0.586. The van der Waals surface area contributed by atoms with Gasteiger partial charge in [-0.2, -0.15) is 18.2 Å². The van der Waals surface area contributed by atoms with E-state index in [0.29, 0.717) is 24.4 Å².